The molecule has 1 aromatic carbocycles. The Morgan fingerprint density at radius 3 is 2.96 bits per heavy atom. The number of pyridine rings is 1. The maximum atomic E-state index is 12.5. The predicted molar refractivity (Wildman–Crippen MR) is 101 cm³/mol. The lowest BCUT2D eigenvalue weighted by Gasteiger charge is -2.16. The molecule has 0 saturated heterocycles. The number of benzene rings is 1. The molecular formula is C20H21N5O. The summed E-state index contributed by atoms with van der Waals surface area (Å²) in [5.41, 5.74) is 1.72. The maximum absolute atomic E-state index is 12.5. The standard InChI is InChI=1S/C20H21N5O/c1-3-13(2)17-12-25-18(22-17)15-8-4-5-9-16(15)23-20(25)24-19(26)14-7-6-10-21-11-14/h4-11,13,17,22H,3,12H2,1-2H3/t13?,17-/m1/s1. The fourth-order valence-corrected chi connectivity index (χ4v) is 3.27. The van der Waals surface area contributed by atoms with Crippen LogP contribution in [0.5, 0.6) is 0 Å². The highest BCUT2D eigenvalue weighted by atomic mass is 16.1. The van der Waals surface area contributed by atoms with Gasteiger partial charge in [-0.1, -0.05) is 32.4 Å². The molecule has 1 aliphatic heterocycles. The zero-order valence-corrected chi connectivity index (χ0v) is 14.9. The summed E-state index contributed by atoms with van der Waals surface area (Å²) in [6.07, 6.45) is 4.24. The van der Waals surface area contributed by atoms with Crippen LogP contribution in [-0.2, 0) is 6.54 Å². The maximum Gasteiger partial charge on any atom is 0.281 e. The first kappa shape index (κ1) is 16.4. The normalized spacial score (nSPS) is 17.8. The molecule has 1 N–H and O–H groups in total. The van der Waals surface area contributed by atoms with E-state index in [0.717, 1.165) is 29.7 Å². The van der Waals surface area contributed by atoms with E-state index in [0.29, 0.717) is 23.1 Å². The Kier molecular flexibility index (Phi) is 4.24. The second-order valence-electron chi connectivity index (χ2n) is 6.68. The molecule has 0 bridgehead atoms. The molecule has 0 spiro atoms. The van der Waals surface area contributed by atoms with E-state index in [4.69, 9.17) is 0 Å². The highest BCUT2D eigenvalue weighted by Crippen LogP contribution is 2.28. The number of hydrogen-bond acceptors (Lipinski definition) is 4. The highest BCUT2D eigenvalue weighted by molar-refractivity contribution is 5.95. The minimum Gasteiger partial charge on any atom is -0.366 e. The molecule has 0 saturated carbocycles. The van der Waals surface area contributed by atoms with Crippen LogP contribution in [0.1, 0.15) is 30.6 Å². The summed E-state index contributed by atoms with van der Waals surface area (Å²) in [6.45, 7) is 5.17. The zero-order valence-electron chi connectivity index (χ0n) is 14.9. The molecule has 26 heavy (non-hydrogen) atoms. The molecule has 1 aliphatic rings. The van der Waals surface area contributed by atoms with Gasteiger partial charge >= 0.3 is 0 Å². The van der Waals surface area contributed by atoms with Gasteiger partial charge in [0.1, 0.15) is 5.82 Å². The predicted octanol–water partition coefficient (Wildman–Crippen LogP) is 3.01. The molecule has 3 aromatic rings. The van der Waals surface area contributed by atoms with Crippen molar-refractivity contribution in [1.82, 2.24) is 14.5 Å². The molecule has 0 radical (unpaired) electrons. The molecule has 3 heterocycles. The Hall–Kier alpha value is -3.02. The number of carbonyl (C=O) groups excluding carboxylic acids is 1. The number of nitrogens with one attached hydrogen (secondary N) is 1. The lowest BCUT2D eigenvalue weighted by Crippen LogP contribution is -2.28. The molecular weight excluding hydrogens is 326 g/mol. The molecule has 1 amide bonds. The van der Waals surface area contributed by atoms with Crippen molar-refractivity contribution >= 4 is 22.6 Å². The van der Waals surface area contributed by atoms with E-state index >= 15 is 0 Å². The third-order valence-electron chi connectivity index (χ3n) is 5.03. The van der Waals surface area contributed by atoms with Gasteiger partial charge in [-0.15, -0.1) is 0 Å². The van der Waals surface area contributed by atoms with Crippen molar-refractivity contribution in [3.63, 3.8) is 0 Å². The van der Waals surface area contributed by atoms with Crippen LogP contribution in [0.25, 0.3) is 10.9 Å². The van der Waals surface area contributed by atoms with E-state index < -0.39 is 0 Å². The van der Waals surface area contributed by atoms with E-state index in [1.807, 2.05) is 28.8 Å². The number of aromatic nitrogens is 3. The SMILES string of the molecule is CCC(C)[C@H]1Cn2c(c3ccccc3nc2=NC(=O)c2cccnc2)N1. The lowest BCUT2D eigenvalue weighted by molar-refractivity contribution is 0.0996. The van der Waals surface area contributed by atoms with Crippen molar-refractivity contribution in [2.75, 3.05) is 5.32 Å². The Bertz CT molecular complexity index is 1030. The van der Waals surface area contributed by atoms with Crippen LogP contribution in [-0.4, -0.2) is 26.5 Å². The summed E-state index contributed by atoms with van der Waals surface area (Å²) < 4.78 is 2.02. The topological polar surface area (TPSA) is 72.2 Å². The number of carbonyl (C=O) groups is 1. The van der Waals surface area contributed by atoms with Gasteiger partial charge in [0.15, 0.2) is 0 Å². The Morgan fingerprint density at radius 1 is 1.35 bits per heavy atom. The van der Waals surface area contributed by atoms with Gasteiger partial charge < -0.3 is 5.32 Å². The molecule has 132 valence electrons. The number of fused-ring (bicyclic) bond motifs is 3. The van der Waals surface area contributed by atoms with Crippen LogP contribution in [0, 0.1) is 5.92 Å². The molecule has 0 fully saturated rings. The summed E-state index contributed by atoms with van der Waals surface area (Å²) in [5, 5.41) is 4.67. The molecule has 2 atom stereocenters. The first-order chi connectivity index (χ1) is 12.7. The average molecular weight is 347 g/mol. The van der Waals surface area contributed by atoms with Crippen LogP contribution in [0.15, 0.2) is 53.8 Å². The average Bonchev–Trinajstić information content (AvgIpc) is 3.14. The van der Waals surface area contributed by atoms with Gasteiger partial charge in [-0.3, -0.25) is 14.3 Å². The second-order valence-corrected chi connectivity index (χ2v) is 6.68. The Morgan fingerprint density at radius 2 is 2.19 bits per heavy atom. The van der Waals surface area contributed by atoms with Crippen LogP contribution in [0.3, 0.4) is 0 Å². The Labute approximate surface area is 151 Å². The van der Waals surface area contributed by atoms with Crippen molar-refractivity contribution in [3.05, 3.63) is 60.0 Å². The van der Waals surface area contributed by atoms with Gasteiger partial charge in [-0.2, -0.15) is 4.99 Å². The van der Waals surface area contributed by atoms with Crippen LogP contribution in [0.4, 0.5) is 5.82 Å². The van der Waals surface area contributed by atoms with Crippen LogP contribution < -0.4 is 10.9 Å². The minimum atomic E-state index is -0.331. The number of nitrogens with zero attached hydrogens (tertiary/aromatic N) is 4. The van der Waals surface area contributed by atoms with Crippen molar-refractivity contribution in [2.24, 2.45) is 10.9 Å². The molecule has 6 heteroatoms. The number of rotatable bonds is 3. The number of para-hydroxylation sites is 1. The Balaban J connectivity index is 1.86. The fourth-order valence-electron chi connectivity index (χ4n) is 3.27. The number of amides is 1. The van der Waals surface area contributed by atoms with Gasteiger partial charge in [0.05, 0.1) is 11.1 Å². The van der Waals surface area contributed by atoms with Gasteiger partial charge in [-0.05, 0) is 30.2 Å². The summed E-state index contributed by atoms with van der Waals surface area (Å²) in [6, 6.07) is 11.7. The van der Waals surface area contributed by atoms with Crippen molar-refractivity contribution in [2.45, 2.75) is 32.9 Å². The van der Waals surface area contributed by atoms with Crippen LogP contribution >= 0.6 is 0 Å². The fraction of sp³-hybridized carbons (Fsp3) is 0.300. The number of anilines is 1. The van der Waals surface area contributed by atoms with Crippen molar-refractivity contribution < 1.29 is 4.79 Å². The third-order valence-corrected chi connectivity index (χ3v) is 5.03. The first-order valence-corrected chi connectivity index (χ1v) is 8.92. The molecule has 1 unspecified atom stereocenters. The molecule has 0 aliphatic carbocycles. The van der Waals surface area contributed by atoms with E-state index in [2.05, 4.69) is 34.1 Å². The summed E-state index contributed by atoms with van der Waals surface area (Å²) in [7, 11) is 0. The second kappa shape index (κ2) is 6.71. The van der Waals surface area contributed by atoms with E-state index in [9.17, 15) is 4.79 Å². The zero-order chi connectivity index (χ0) is 18.1. The summed E-state index contributed by atoms with van der Waals surface area (Å²) in [4.78, 5) is 25.5. The summed E-state index contributed by atoms with van der Waals surface area (Å²) >= 11 is 0. The van der Waals surface area contributed by atoms with E-state index in [-0.39, 0.29) is 5.91 Å². The largest absolute Gasteiger partial charge is 0.366 e. The molecule has 4 rings (SSSR count). The van der Waals surface area contributed by atoms with E-state index in [1.54, 1.807) is 18.3 Å². The molecule has 2 aromatic heterocycles. The van der Waals surface area contributed by atoms with Gasteiger partial charge in [0, 0.05) is 30.4 Å². The monoisotopic (exact) mass is 347 g/mol. The number of hydrogen-bond donors (Lipinski definition) is 1. The lowest BCUT2D eigenvalue weighted by atomic mass is 10.0. The van der Waals surface area contributed by atoms with Gasteiger partial charge in [0.2, 0.25) is 5.62 Å². The smallest absolute Gasteiger partial charge is 0.281 e. The quantitative estimate of drug-likeness (QED) is 0.790. The van der Waals surface area contributed by atoms with Crippen molar-refractivity contribution in [1.29, 1.82) is 0 Å². The van der Waals surface area contributed by atoms with Gasteiger partial charge in [0.25, 0.3) is 5.91 Å². The summed E-state index contributed by atoms with van der Waals surface area (Å²) in [5.74, 6) is 1.16. The van der Waals surface area contributed by atoms with Crippen molar-refractivity contribution in [3.8, 4) is 0 Å². The highest BCUT2D eigenvalue weighted by Gasteiger charge is 2.27. The van der Waals surface area contributed by atoms with Crippen LogP contribution in [0.2, 0.25) is 0 Å². The van der Waals surface area contributed by atoms with Gasteiger partial charge in [-0.25, -0.2) is 4.98 Å². The minimum absolute atomic E-state index is 0.301. The third kappa shape index (κ3) is 2.87. The van der Waals surface area contributed by atoms with E-state index in [1.165, 1.54) is 6.20 Å². The first-order valence-electron chi connectivity index (χ1n) is 8.92. The molecule has 6 nitrogen and oxygen atoms in total.